The number of nitrogens with zero attached hydrogens (tertiary/aromatic N) is 1. The van der Waals surface area contributed by atoms with Crippen LogP contribution in [0, 0.1) is 5.82 Å². The van der Waals surface area contributed by atoms with E-state index >= 15 is 0 Å². The van der Waals surface area contributed by atoms with Crippen molar-refractivity contribution in [1.29, 1.82) is 0 Å². The number of nitrogens with one attached hydrogen (secondary N) is 1. The molecule has 0 radical (unpaired) electrons. The van der Waals surface area contributed by atoms with Gasteiger partial charge in [-0.15, -0.1) is 0 Å². The van der Waals surface area contributed by atoms with E-state index in [-0.39, 0.29) is 18.0 Å². The molecule has 0 unspecified atom stereocenters. The Morgan fingerprint density at radius 3 is 2.71 bits per heavy atom. The van der Waals surface area contributed by atoms with Crippen LogP contribution in [0.4, 0.5) is 10.1 Å². The molecule has 2 aromatic carbocycles. The second kappa shape index (κ2) is 10.2. The number of amides is 2. The minimum absolute atomic E-state index is 0.0830. The SMILES string of the molecule is C=CC(=O)N(CC(=O)N[C@@H](C[C@@H]1COc2ccccc21)OB(O)O)c1ccccc1F. The molecule has 1 heterocycles. The van der Waals surface area contributed by atoms with Crippen LogP contribution in [0.25, 0.3) is 0 Å². The first-order chi connectivity index (χ1) is 14.9. The summed E-state index contributed by atoms with van der Waals surface area (Å²) in [5, 5.41) is 21.0. The molecule has 1 aliphatic rings. The van der Waals surface area contributed by atoms with Crippen molar-refractivity contribution in [2.45, 2.75) is 18.6 Å². The first-order valence-electron chi connectivity index (χ1n) is 9.60. The maximum Gasteiger partial charge on any atom is 0.635 e. The first-order valence-corrected chi connectivity index (χ1v) is 9.60. The summed E-state index contributed by atoms with van der Waals surface area (Å²) in [7, 11) is -2.12. The molecule has 1 aliphatic heterocycles. The minimum atomic E-state index is -2.12. The third-order valence-corrected chi connectivity index (χ3v) is 4.79. The lowest BCUT2D eigenvalue weighted by atomic mass is 9.96. The molecule has 0 fully saturated rings. The van der Waals surface area contributed by atoms with E-state index in [2.05, 4.69) is 11.9 Å². The smallest absolute Gasteiger partial charge is 0.493 e. The van der Waals surface area contributed by atoms with Crippen molar-refractivity contribution in [3.63, 3.8) is 0 Å². The zero-order chi connectivity index (χ0) is 22.4. The summed E-state index contributed by atoms with van der Waals surface area (Å²) in [5.41, 5.74) is 0.827. The standard InChI is InChI=1S/C21H22BFN2O6/c1-2-21(27)25(17-9-5-4-8-16(17)23)12-19(26)24-20(31-22(28)29)11-14-13-30-18-10-6-3-7-15(14)18/h2-10,14,20,28-29H,1,11-13H2,(H,24,26)/t14-,20-/m1/s1. The minimum Gasteiger partial charge on any atom is -0.493 e. The van der Waals surface area contributed by atoms with Gasteiger partial charge in [0.25, 0.3) is 5.91 Å². The van der Waals surface area contributed by atoms with Crippen molar-refractivity contribution < 1.29 is 33.4 Å². The van der Waals surface area contributed by atoms with E-state index in [0.29, 0.717) is 12.4 Å². The van der Waals surface area contributed by atoms with Crippen LogP contribution in [0.1, 0.15) is 17.9 Å². The van der Waals surface area contributed by atoms with Crippen LogP contribution >= 0.6 is 0 Å². The van der Waals surface area contributed by atoms with E-state index in [1.807, 2.05) is 24.3 Å². The van der Waals surface area contributed by atoms with Crippen molar-refractivity contribution in [1.82, 2.24) is 5.32 Å². The van der Waals surface area contributed by atoms with Crippen LogP contribution in [0.2, 0.25) is 0 Å². The van der Waals surface area contributed by atoms with Crippen LogP contribution < -0.4 is 15.0 Å². The topological polar surface area (TPSA) is 108 Å². The number of ether oxygens (including phenoxy) is 1. The van der Waals surface area contributed by atoms with Gasteiger partial charge in [0, 0.05) is 17.9 Å². The quantitative estimate of drug-likeness (QED) is 0.316. The van der Waals surface area contributed by atoms with Crippen LogP contribution in [0.15, 0.2) is 61.2 Å². The van der Waals surface area contributed by atoms with Crippen LogP contribution in [-0.4, -0.2) is 48.6 Å². The van der Waals surface area contributed by atoms with Crippen molar-refractivity contribution in [3.05, 3.63) is 72.6 Å². The number of carbonyl (C=O) groups excluding carboxylic acids is 2. The summed E-state index contributed by atoms with van der Waals surface area (Å²) in [6.45, 7) is 3.20. The van der Waals surface area contributed by atoms with E-state index in [1.54, 1.807) is 0 Å². The van der Waals surface area contributed by atoms with E-state index < -0.39 is 37.7 Å². The highest BCUT2D eigenvalue weighted by atomic mass is 19.1. The predicted octanol–water partition coefficient (Wildman–Crippen LogP) is 1.34. The highest BCUT2D eigenvalue weighted by Gasteiger charge is 2.30. The number of benzene rings is 2. The van der Waals surface area contributed by atoms with Crippen LogP contribution in [0.5, 0.6) is 5.75 Å². The third kappa shape index (κ3) is 5.69. The number of hydrogen-bond acceptors (Lipinski definition) is 6. The third-order valence-electron chi connectivity index (χ3n) is 4.79. The maximum atomic E-state index is 14.2. The number of para-hydroxylation sites is 2. The fourth-order valence-corrected chi connectivity index (χ4v) is 3.41. The summed E-state index contributed by atoms with van der Waals surface area (Å²) < 4.78 is 24.8. The van der Waals surface area contributed by atoms with Crippen LogP contribution in [-0.2, 0) is 14.2 Å². The van der Waals surface area contributed by atoms with E-state index in [0.717, 1.165) is 16.5 Å². The molecule has 31 heavy (non-hydrogen) atoms. The fourth-order valence-electron chi connectivity index (χ4n) is 3.41. The molecule has 10 heteroatoms. The summed E-state index contributed by atoms with van der Waals surface area (Å²) in [4.78, 5) is 25.8. The predicted molar refractivity (Wildman–Crippen MR) is 111 cm³/mol. The lowest BCUT2D eigenvalue weighted by Gasteiger charge is -2.25. The molecule has 8 nitrogen and oxygen atoms in total. The molecule has 0 saturated carbocycles. The largest absolute Gasteiger partial charge is 0.635 e. The van der Waals surface area contributed by atoms with Gasteiger partial charge < -0.3 is 24.8 Å². The Bertz CT molecular complexity index is 957. The molecule has 2 amide bonds. The summed E-state index contributed by atoms with van der Waals surface area (Å²) in [6.07, 6.45) is 0.0709. The highest BCUT2D eigenvalue weighted by molar-refractivity contribution is 6.32. The van der Waals surface area contributed by atoms with Gasteiger partial charge in [-0.2, -0.15) is 0 Å². The molecular weight excluding hydrogens is 406 g/mol. The molecule has 0 bridgehead atoms. The zero-order valence-electron chi connectivity index (χ0n) is 16.6. The second-order valence-corrected chi connectivity index (χ2v) is 6.88. The average molecular weight is 428 g/mol. The summed E-state index contributed by atoms with van der Waals surface area (Å²) >= 11 is 0. The van der Waals surface area contributed by atoms with E-state index in [9.17, 15) is 24.0 Å². The number of hydrogen-bond donors (Lipinski definition) is 3. The molecule has 3 N–H and O–H groups in total. The summed E-state index contributed by atoms with van der Waals surface area (Å²) in [5.74, 6) is -1.47. The molecule has 2 aromatic rings. The molecule has 3 rings (SSSR count). The van der Waals surface area contributed by atoms with Crippen molar-refractivity contribution in [3.8, 4) is 5.75 Å². The Morgan fingerprint density at radius 2 is 2.00 bits per heavy atom. The second-order valence-electron chi connectivity index (χ2n) is 6.88. The molecule has 0 saturated heterocycles. The highest BCUT2D eigenvalue weighted by Crippen LogP contribution is 2.36. The number of fused-ring (bicyclic) bond motifs is 1. The van der Waals surface area contributed by atoms with E-state index in [4.69, 9.17) is 9.39 Å². The molecular formula is C21H22BFN2O6. The summed E-state index contributed by atoms with van der Waals surface area (Å²) in [6, 6.07) is 12.9. The molecule has 0 aliphatic carbocycles. The van der Waals surface area contributed by atoms with E-state index in [1.165, 1.54) is 24.3 Å². The lowest BCUT2D eigenvalue weighted by molar-refractivity contribution is -0.124. The number of rotatable bonds is 9. The fraction of sp³-hybridized carbons (Fsp3) is 0.238. The Hall–Kier alpha value is -3.21. The number of halogens is 1. The number of carbonyl (C=O) groups is 2. The van der Waals surface area contributed by atoms with Gasteiger partial charge in [-0.05, 0) is 24.3 Å². The Balaban J connectivity index is 1.72. The number of anilines is 1. The molecule has 0 spiro atoms. The molecule has 2 atom stereocenters. The normalized spacial score (nSPS) is 15.4. The van der Waals surface area contributed by atoms with Gasteiger partial charge in [0.15, 0.2) is 0 Å². The Labute approximate surface area is 179 Å². The van der Waals surface area contributed by atoms with Gasteiger partial charge in [-0.25, -0.2) is 4.39 Å². The van der Waals surface area contributed by atoms with Crippen molar-refractivity contribution in [2.24, 2.45) is 0 Å². The van der Waals surface area contributed by atoms with Crippen molar-refractivity contribution in [2.75, 3.05) is 18.1 Å². The van der Waals surface area contributed by atoms with Gasteiger partial charge in [-0.1, -0.05) is 36.9 Å². The van der Waals surface area contributed by atoms with Gasteiger partial charge >= 0.3 is 7.32 Å². The maximum absolute atomic E-state index is 14.2. The molecule has 0 aromatic heterocycles. The van der Waals surface area contributed by atoms with Gasteiger partial charge in [0.2, 0.25) is 5.91 Å². The van der Waals surface area contributed by atoms with Gasteiger partial charge in [0.1, 0.15) is 24.3 Å². The first kappa shape index (κ1) is 22.5. The Kier molecular flexibility index (Phi) is 7.40. The lowest BCUT2D eigenvalue weighted by Crippen LogP contribution is -2.47. The van der Waals surface area contributed by atoms with Crippen LogP contribution in [0.3, 0.4) is 0 Å². The Morgan fingerprint density at radius 1 is 1.29 bits per heavy atom. The molecule has 162 valence electrons. The van der Waals surface area contributed by atoms with Crippen molar-refractivity contribution >= 4 is 24.8 Å². The van der Waals surface area contributed by atoms with Gasteiger partial charge in [-0.3, -0.25) is 14.5 Å². The monoisotopic (exact) mass is 428 g/mol. The average Bonchev–Trinajstić information content (AvgIpc) is 3.14. The zero-order valence-corrected chi connectivity index (χ0v) is 16.6. The van der Waals surface area contributed by atoms with Gasteiger partial charge in [0.05, 0.1) is 12.3 Å².